The molecule has 0 aliphatic carbocycles. The average molecular weight is 346 g/mol. The van der Waals surface area contributed by atoms with Gasteiger partial charge in [0.1, 0.15) is 0 Å². The highest BCUT2D eigenvalue weighted by molar-refractivity contribution is 6.30. The van der Waals surface area contributed by atoms with Gasteiger partial charge in [-0.3, -0.25) is 9.78 Å². The lowest BCUT2D eigenvalue weighted by atomic mass is 10.2. The van der Waals surface area contributed by atoms with Crippen molar-refractivity contribution in [2.24, 2.45) is 0 Å². The summed E-state index contributed by atoms with van der Waals surface area (Å²) in [4.78, 5) is 16.4. The van der Waals surface area contributed by atoms with Crippen LogP contribution < -0.4 is 10.6 Å². The maximum atomic E-state index is 12.4. The van der Waals surface area contributed by atoms with Crippen LogP contribution in [0, 0.1) is 0 Å². The van der Waals surface area contributed by atoms with Crippen molar-refractivity contribution in [1.29, 1.82) is 0 Å². The molecule has 0 aliphatic rings. The molecule has 1 aromatic carbocycles. The molecule has 124 valence electrons. The lowest BCUT2D eigenvalue weighted by Crippen LogP contribution is -2.30. The van der Waals surface area contributed by atoms with Crippen molar-refractivity contribution in [3.8, 4) is 0 Å². The van der Waals surface area contributed by atoms with Crippen LogP contribution >= 0.6 is 11.6 Å². The molecule has 3 aromatic rings. The molecule has 6 nitrogen and oxygen atoms in total. The molecule has 3 rings (SSSR count). The Morgan fingerprint density at radius 2 is 2.08 bits per heavy atom. The predicted molar refractivity (Wildman–Crippen MR) is 92.8 cm³/mol. The van der Waals surface area contributed by atoms with E-state index in [1.54, 1.807) is 49.6 Å². The third-order valence-electron chi connectivity index (χ3n) is 3.37. The van der Waals surface area contributed by atoms with E-state index in [1.807, 2.05) is 0 Å². The molecule has 0 radical (unpaired) electrons. The van der Waals surface area contributed by atoms with Gasteiger partial charge in [-0.1, -0.05) is 11.6 Å². The summed E-state index contributed by atoms with van der Waals surface area (Å²) in [5.41, 5.74) is 1.80. The first-order valence-electron chi connectivity index (χ1n) is 7.40. The van der Waals surface area contributed by atoms with Gasteiger partial charge in [0.15, 0.2) is 5.58 Å². The first kappa shape index (κ1) is 16.3. The van der Waals surface area contributed by atoms with E-state index in [9.17, 15) is 9.90 Å². The molecule has 1 unspecified atom stereocenters. The number of anilines is 2. The van der Waals surface area contributed by atoms with Crippen LogP contribution in [0.5, 0.6) is 0 Å². The summed E-state index contributed by atoms with van der Waals surface area (Å²) in [5.74, 6) is -0.280. The number of carbonyl (C=O) groups excluding carboxylic acids is 1. The van der Waals surface area contributed by atoms with E-state index in [0.717, 1.165) is 11.1 Å². The van der Waals surface area contributed by atoms with Gasteiger partial charge in [-0.25, -0.2) is 0 Å². The van der Waals surface area contributed by atoms with Crippen LogP contribution in [0.15, 0.2) is 47.1 Å². The van der Waals surface area contributed by atoms with Crippen molar-refractivity contribution >= 4 is 39.9 Å². The summed E-state index contributed by atoms with van der Waals surface area (Å²) >= 11 is 5.90. The Morgan fingerprint density at radius 3 is 2.79 bits per heavy atom. The molecular formula is C17H16ClN3O3. The fourth-order valence-electron chi connectivity index (χ4n) is 2.23. The van der Waals surface area contributed by atoms with Crippen molar-refractivity contribution in [3.63, 3.8) is 0 Å². The third kappa shape index (κ3) is 3.50. The van der Waals surface area contributed by atoms with Gasteiger partial charge in [0.25, 0.3) is 5.91 Å². The number of hydrogen-bond acceptors (Lipinski definition) is 5. The standard InChI is InChI=1S/C17H16ClN3O3/c1-10(22)8-20-17(23)16-15(13-6-7-19-9-14(13)24-16)21-12-4-2-11(18)3-5-12/h2-7,9-10,21-22H,8H2,1H3,(H,20,23). The summed E-state index contributed by atoms with van der Waals surface area (Å²) in [6, 6.07) is 8.88. The first-order valence-corrected chi connectivity index (χ1v) is 7.78. The number of carbonyl (C=O) groups is 1. The van der Waals surface area contributed by atoms with E-state index >= 15 is 0 Å². The van der Waals surface area contributed by atoms with E-state index in [2.05, 4.69) is 15.6 Å². The fourth-order valence-corrected chi connectivity index (χ4v) is 2.36. The van der Waals surface area contributed by atoms with Gasteiger partial charge >= 0.3 is 0 Å². The Labute approximate surface area is 143 Å². The topological polar surface area (TPSA) is 87.4 Å². The molecule has 0 saturated heterocycles. The Kier molecular flexibility index (Phi) is 4.69. The number of amides is 1. The van der Waals surface area contributed by atoms with Crippen molar-refractivity contribution in [3.05, 3.63) is 53.5 Å². The van der Waals surface area contributed by atoms with Crippen LogP contribution in [0.2, 0.25) is 5.02 Å². The number of nitrogens with one attached hydrogen (secondary N) is 2. The van der Waals surface area contributed by atoms with Crippen LogP contribution in [0.3, 0.4) is 0 Å². The average Bonchev–Trinajstić information content (AvgIpc) is 2.93. The molecule has 0 fully saturated rings. The Bertz CT molecular complexity index is 859. The first-order chi connectivity index (χ1) is 11.5. The minimum Gasteiger partial charge on any atom is -0.447 e. The summed E-state index contributed by atoms with van der Waals surface area (Å²) < 4.78 is 5.64. The van der Waals surface area contributed by atoms with Gasteiger partial charge in [-0.05, 0) is 37.3 Å². The minimum absolute atomic E-state index is 0.133. The molecule has 0 aliphatic heterocycles. The summed E-state index contributed by atoms with van der Waals surface area (Å²) in [6.45, 7) is 1.73. The monoisotopic (exact) mass is 345 g/mol. The summed E-state index contributed by atoms with van der Waals surface area (Å²) in [6.07, 6.45) is 2.53. The highest BCUT2D eigenvalue weighted by atomic mass is 35.5. The van der Waals surface area contributed by atoms with Crippen molar-refractivity contribution in [2.75, 3.05) is 11.9 Å². The second kappa shape index (κ2) is 6.90. The number of halogens is 1. The number of aliphatic hydroxyl groups excluding tert-OH is 1. The molecule has 1 amide bonds. The van der Waals surface area contributed by atoms with Crippen molar-refractivity contribution < 1.29 is 14.3 Å². The van der Waals surface area contributed by atoms with Gasteiger partial charge in [0.05, 0.1) is 18.0 Å². The van der Waals surface area contributed by atoms with Crippen molar-refractivity contribution in [2.45, 2.75) is 13.0 Å². The van der Waals surface area contributed by atoms with Crippen LogP contribution in [0.4, 0.5) is 11.4 Å². The van der Waals surface area contributed by atoms with Crippen LogP contribution in [0.1, 0.15) is 17.5 Å². The zero-order valence-corrected chi connectivity index (χ0v) is 13.7. The number of hydrogen-bond donors (Lipinski definition) is 3. The number of benzene rings is 1. The SMILES string of the molecule is CC(O)CNC(=O)c1oc2cnccc2c1Nc1ccc(Cl)cc1. The maximum absolute atomic E-state index is 12.4. The zero-order valence-electron chi connectivity index (χ0n) is 12.9. The van der Waals surface area contributed by atoms with Gasteiger partial charge in [0.2, 0.25) is 5.76 Å². The molecular weight excluding hydrogens is 330 g/mol. The Hall–Kier alpha value is -2.57. The van der Waals surface area contributed by atoms with E-state index in [1.165, 1.54) is 0 Å². The molecule has 24 heavy (non-hydrogen) atoms. The van der Waals surface area contributed by atoms with Gasteiger partial charge in [-0.15, -0.1) is 0 Å². The van der Waals surface area contributed by atoms with Gasteiger partial charge < -0.3 is 20.2 Å². The third-order valence-corrected chi connectivity index (χ3v) is 3.62. The van der Waals surface area contributed by atoms with Crippen LogP contribution in [-0.2, 0) is 0 Å². The maximum Gasteiger partial charge on any atom is 0.289 e. The van der Waals surface area contributed by atoms with Gasteiger partial charge in [0, 0.05) is 28.8 Å². The number of rotatable bonds is 5. The Balaban J connectivity index is 1.98. The number of pyridine rings is 1. The van der Waals surface area contributed by atoms with Crippen LogP contribution in [-0.4, -0.2) is 28.6 Å². The van der Waals surface area contributed by atoms with Gasteiger partial charge in [-0.2, -0.15) is 0 Å². The molecule has 0 saturated carbocycles. The lowest BCUT2D eigenvalue weighted by Gasteiger charge is -2.09. The highest BCUT2D eigenvalue weighted by Gasteiger charge is 2.21. The van der Waals surface area contributed by atoms with E-state index < -0.39 is 12.0 Å². The van der Waals surface area contributed by atoms with E-state index in [0.29, 0.717) is 16.3 Å². The normalized spacial score (nSPS) is 12.1. The Morgan fingerprint density at radius 1 is 1.33 bits per heavy atom. The minimum atomic E-state index is -0.646. The number of aromatic nitrogens is 1. The summed E-state index contributed by atoms with van der Waals surface area (Å²) in [5, 5.41) is 16.5. The molecule has 0 spiro atoms. The largest absolute Gasteiger partial charge is 0.447 e. The summed E-state index contributed by atoms with van der Waals surface area (Å²) in [7, 11) is 0. The molecule has 3 N–H and O–H groups in total. The van der Waals surface area contributed by atoms with Crippen molar-refractivity contribution in [1.82, 2.24) is 10.3 Å². The molecule has 0 bridgehead atoms. The quantitative estimate of drug-likeness (QED) is 0.660. The number of aliphatic hydroxyl groups is 1. The van der Waals surface area contributed by atoms with Crippen LogP contribution in [0.25, 0.3) is 11.0 Å². The molecule has 7 heteroatoms. The predicted octanol–water partition coefficient (Wildman–Crippen LogP) is 3.34. The molecule has 2 heterocycles. The number of furan rings is 1. The van der Waals surface area contributed by atoms with E-state index in [4.69, 9.17) is 16.0 Å². The lowest BCUT2D eigenvalue weighted by molar-refractivity contribution is 0.0900. The molecule has 1 atom stereocenters. The highest BCUT2D eigenvalue weighted by Crippen LogP contribution is 2.33. The second-order valence-electron chi connectivity index (χ2n) is 5.37. The number of nitrogens with zero attached hydrogens (tertiary/aromatic N) is 1. The smallest absolute Gasteiger partial charge is 0.289 e. The molecule has 2 aromatic heterocycles. The zero-order chi connectivity index (χ0) is 17.1. The second-order valence-corrected chi connectivity index (χ2v) is 5.81. The number of fused-ring (bicyclic) bond motifs is 1. The fraction of sp³-hybridized carbons (Fsp3) is 0.176. The van der Waals surface area contributed by atoms with E-state index in [-0.39, 0.29) is 12.3 Å².